The van der Waals surface area contributed by atoms with Gasteiger partial charge in [-0.15, -0.1) is 0 Å². The Kier molecular flexibility index (Phi) is 3.14. The van der Waals surface area contributed by atoms with Crippen molar-refractivity contribution < 1.29 is 14.3 Å². The number of aryl methyl sites for hydroxylation is 1. The molecule has 1 amide bonds. The lowest BCUT2D eigenvalue weighted by molar-refractivity contribution is 0.0519. The summed E-state index contributed by atoms with van der Waals surface area (Å²) < 4.78 is 4.83. The molecule has 1 aromatic rings. The number of hydrogen-bond donors (Lipinski definition) is 2. The molecule has 1 aromatic heterocycles. The molecular formula is C10H14N2O3. The second-order valence-corrected chi connectivity index (χ2v) is 3.21. The van der Waals surface area contributed by atoms with Crippen molar-refractivity contribution in [3.63, 3.8) is 0 Å². The SMILES string of the molecule is CCOC(=O)c1[nH]c(C)c(C(N)=O)c1C. The minimum Gasteiger partial charge on any atom is -0.461 e. The van der Waals surface area contributed by atoms with E-state index < -0.39 is 11.9 Å². The van der Waals surface area contributed by atoms with Gasteiger partial charge in [0.1, 0.15) is 5.69 Å². The number of H-pyrrole nitrogens is 1. The average Bonchev–Trinajstić information content (AvgIpc) is 2.42. The first kappa shape index (κ1) is 11.3. The number of amides is 1. The zero-order valence-electron chi connectivity index (χ0n) is 9.01. The van der Waals surface area contributed by atoms with E-state index in [9.17, 15) is 9.59 Å². The number of aromatic amines is 1. The fourth-order valence-electron chi connectivity index (χ4n) is 1.53. The highest BCUT2D eigenvalue weighted by Crippen LogP contribution is 2.17. The molecule has 15 heavy (non-hydrogen) atoms. The van der Waals surface area contributed by atoms with Gasteiger partial charge in [-0.25, -0.2) is 4.79 Å². The molecule has 0 saturated heterocycles. The lowest BCUT2D eigenvalue weighted by Gasteiger charge is -2.00. The van der Waals surface area contributed by atoms with E-state index >= 15 is 0 Å². The van der Waals surface area contributed by atoms with Crippen LogP contribution in [0.15, 0.2) is 0 Å². The van der Waals surface area contributed by atoms with Crippen LogP contribution in [-0.2, 0) is 4.74 Å². The molecular weight excluding hydrogens is 196 g/mol. The molecule has 0 radical (unpaired) electrons. The van der Waals surface area contributed by atoms with Gasteiger partial charge in [0.05, 0.1) is 12.2 Å². The van der Waals surface area contributed by atoms with Crippen LogP contribution in [-0.4, -0.2) is 23.5 Å². The predicted molar refractivity (Wildman–Crippen MR) is 54.7 cm³/mol. The van der Waals surface area contributed by atoms with Crippen LogP contribution in [0.25, 0.3) is 0 Å². The van der Waals surface area contributed by atoms with Crippen LogP contribution in [0.2, 0.25) is 0 Å². The summed E-state index contributed by atoms with van der Waals surface area (Å²) in [5.74, 6) is -1.01. The van der Waals surface area contributed by atoms with Gasteiger partial charge >= 0.3 is 5.97 Å². The third-order valence-electron chi connectivity index (χ3n) is 2.16. The second kappa shape index (κ2) is 4.16. The smallest absolute Gasteiger partial charge is 0.355 e. The van der Waals surface area contributed by atoms with E-state index in [1.54, 1.807) is 20.8 Å². The van der Waals surface area contributed by atoms with Gasteiger partial charge in [-0.2, -0.15) is 0 Å². The third kappa shape index (κ3) is 2.01. The van der Waals surface area contributed by atoms with Gasteiger partial charge in [-0.05, 0) is 26.3 Å². The van der Waals surface area contributed by atoms with E-state index in [4.69, 9.17) is 10.5 Å². The summed E-state index contributed by atoms with van der Waals surface area (Å²) in [6.45, 7) is 5.37. The zero-order chi connectivity index (χ0) is 11.6. The Bertz CT molecular complexity index is 407. The van der Waals surface area contributed by atoms with E-state index in [0.29, 0.717) is 29.1 Å². The maximum absolute atomic E-state index is 11.4. The molecule has 0 atom stereocenters. The Morgan fingerprint density at radius 1 is 1.40 bits per heavy atom. The molecule has 3 N–H and O–H groups in total. The first-order chi connectivity index (χ1) is 6.99. The maximum Gasteiger partial charge on any atom is 0.355 e. The molecule has 82 valence electrons. The summed E-state index contributed by atoms with van der Waals surface area (Å²) >= 11 is 0. The molecule has 5 nitrogen and oxygen atoms in total. The molecule has 1 heterocycles. The lowest BCUT2D eigenvalue weighted by atomic mass is 10.1. The van der Waals surface area contributed by atoms with Gasteiger partial charge in [0.2, 0.25) is 0 Å². The quantitative estimate of drug-likeness (QED) is 0.727. The number of nitrogens with two attached hydrogens (primary N) is 1. The van der Waals surface area contributed by atoms with E-state index in [1.165, 1.54) is 0 Å². The van der Waals surface area contributed by atoms with E-state index in [2.05, 4.69) is 4.98 Å². The molecule has 0 aliphatic carbocycles. The van der Waals surface area contributed by atoms with Crippen LogP contribution >= 0.6 is 0 Å². The topological polar surface area (TPSA) is 85.2 Å². The standard InChI is InChI=1S/C10H14N2O3/c1-4-15-10(14)8-5(2)7(9(11)13)6(3)12-8/h12H,4H2,1-3H3,(H2,11,13). The molecule has 0 aliphatic rings. The fraction of sp³-hybridized carbons (Fsp3) is 0.400. The fourth-order valence-corrected chi connectivity index (χ4v) is 1.53. The third-order valence-corrected chi connectivity index (χ3v) is 2.16. The Labute approximate surface area is 87.6 Å². The lowest BCUT2D eigenvalue weighted by Crippen LogP contribution is -2.13. The van der Waals surface area contributed by atoms with Crippen molar-refractivity contribution in [1.82, 2.24) is 4.98 Å². The minimum absolute atomic E-state index is 0.294. The van der Waals surface area contributed by atoms with E-state index in [1.807, 2.05) is 0 Å². The van der Waals surface area contributed by atoms with E-state index in [0.717, 1.165) is 0 Å². The Morgan fingerprint density at radius 2 is 2.00 bits per heavy atom. The normalized spacial score (nSPS) is 10.1. The minimum atomic E-state index is -0.545. The van der Waals surface area contributed by atoms with E-state index in [-0.39, 0.29) is 0 Å². The van der Waals surface area contributed by atoms with Gasteiger partial charge in [-0.3, -0.25) is 4.79 Å². The van der Waals surface area contributed by atoms with Crippen LogP contribution in [0.4, 0.5) is 0 Å². The van der Waals surface area contributed by atoms with Crippen molar-refractivity contribution in [2.75, 3.05) is 6.61 Å². The van der Waals surface area contributed by atoms with Crippen molar-refractivity contribution in [3.8, 4) is 0 Å². The van der Waals surface area contributed by atoms with Crippen LogP contribution in [0.1, 0.15) is 39.0 Å². The van der Waals surface area contributed by atoms with Crippen molar-refractivity contribution in [3.05, 3.63) is 22.5 Å². The molecule has 1 rings (SSSR count). The Hall–Kier alpha value is -1.78. The summed E-state index contributed by atoms with van der Waals surface area (Å²) in [6, 6.07) is 0. The first-order valence-corrected chi connectivity index (χ1v) is 4.65. The molecule has 0 fully saturated rings. The summed E-state index contributed by atoms with van der Waals surface area (Å²) in [4.78, 5) is 25.3. The number of carbonyl (C=O) groups excluding carboxylic acids is 2. The number of hydrogen-bond acceptors (Lipinski definition) is 3. The molecule has 0 unspecified atom stereocenters. The van der Waals surface area contributed by atoms with Crippen LogP contribution in [0.5, 0.6) is 0 Å². The number of aromatic nitrogens is 1. The summed E-state index contributed by atoms with van der Waals surface area (Å²) in [5, 5.41) is 0. The zero-order valence-corrected chi connectivity index (χ0v) is 9.01. The largest absolute Gasteiger partial charge is 0.461 e. The number of nitrogens with one attached hydrogen (secondary N) is 1. The van der Waals surface area contributed by atoms with Crippen molar-refractivity contribution >= 4 is 11.9 Å². The van der Waals surface area contributed by atoms with Crippen LogP contribution < -0.4 is 5.73 Å². The number of ether oxygens (including phenoxy) is 1. The van der Waals surface area contributed by atoms with Crippen molar-refractivity contribution in [2.45, 2.75) is 20.8 Å². The number of rotatable bonds is 3. The second-order valence-electron chi connectivity index (χ2n) is 3.21. The van der Waals surface area contributed by atoms with Gasteiger partial charge < -0.3 is 15.5 Å². The van der Waals surface area contributed by atoms with Crippen molar-refractivity contribution in [2.24, 2.45) is 5.73 Å². The Balaban J connectivity index is 3.17. The monoisotopic (exact) mass is 210 g/mol. The predicted octanol–water partition coefficient (Wildman–Crippen LogP) is 0.907. The molecule has 0 spiro atoms. The summed E-state index contributed by atoms with van der Waals surface area (Å²) in [5.41, 5.74) is 6.97. The number of esters is 1. The van der Waals surface area contributed by atoms with Crippen molar-refractivity contribution in [1.29, 1.82) is 0 Å². The Morgan fingerprint density at radius 3 is 2.40 bits per heavy atom. The number of primary amides is 1. The van der Waals surface area contributed by atoms with Crippen LogP contribution in [0.3, 0.4) is 0 Å². The number of carbonyl (C=O) groups is 2. The molecule has 0 saturated carbocycles. The maximum atomic E-state index is 11.4. The molecule has 5 heteroatoms. The molecule has 0 aromatic carbocycles. The average molecular weight is 210 g/mol. The molecule has 0 aliphatic heterocycles. The summed E-state index contributed by atoms with van der Waals surface area (Å²) in [6.07, 6.45) is 0. The summed E-state index contributed by atoms with van der Waals surface area (Å²) in [7, 11) is 0. The highest BCUT2D eigenvalue weighted by molar-refractivity contribution is 6.00. The highest BCUT2D eigenvalue weighted by Gasteiger charge is 2.20. The van der Waals surface area contributed by atoms with Gasteiger partial charge in [-0.1, -0.05) is 0 Å². The first-order valence-electron chi connectivity index (χ1n) is 4.65. The van der Waals surface area contributed by atoms with Gasteiger partial charge in [0.15, 0.2) is 0 Å². The van der Waals surface area contributed by atoms with Gasteiger partial charge in [0, 0.05) is 5.69 Å². The highest BCUT2D eigenvalue weighted by atomic mass is 16.5. The van der Waals surface area contributed by atoms with Crippen LogP contribution in [0, 0.1) is 13.8 Å². The van der Waals surface area contributed by atoms with Gasteiger partial charge in [0.25, 0.3) is 5.91 Å². The molecule has 0 bridgehead atoms.